The standard InChI is InChI=1S/C20H21N3O2/c1-24-17-4-2-3-16-6-12-25-20(19(16)17)7-10-23(11-8-20)18-13-15(14-21)5-9-22-18/h2-5,9,13H,6-8,10-12H2,1H3. The lowest BCUT2D eigenvalue weighted by atomic mass is 9.79. The number of nitriles is 1. The third kappa shape index (κ3) is 2.73. The van der Waals surface area contributed by atoms with Crippen molar-refractivity contribution >= 4 is 5.82 Å². The molecule has 5 nitrogen and oxygen atoms in total. The smallest absolute Gasteiger partial charge is 0.129 e. The molecule has 25 heavy (non-hydrogen) atoms. The third-order valence-corrected chi connectivity index (χ3v) is 5.31. The van der Waals surface area contributed by atoms with Crippen molar-refractivity contribution in [3.8, 4) is 11.8 Å². The maximum atomic E-state index is 9.10. The lowest BCUT2D eigenvalue weighted by Crippen LogP contribution is -2.47. The van der Waals surface area contributed by atoms with Gasteiger partial charge in [-0.05, 0) is 43.0 Å². The predicted octanol–water partition coefficient (Wildman–Crippen LogP) is 3.03. The fourth-order valence-corrected chi connectivity index (χ4v) is 4.05. The number of ether oxygens (including phenoxy) is 2. The molecule has 1 aromatic heterocycles. The van der Waals surface area contributed by atoms with Crippen LogP contribution in [0.2, 0.25) is 0 Å². The van der Waals surface area contributed by atoms with Gasteiger partial charge in [-0.1, -0.05) is 12.1 Å². The number of rotatable bonds is 2. The molecule has 0 unspecified atom stereocenters. The van der Waals surface area contributed by atoms with Gasteiger partial charge in [-0.15, -0.1) is 0 Å². The molecule has 3 heterocycles. The lowest BCUT2D eigenvalue weighted by molar-refractivity contribution is -0.0780. The van der Waals surface area contributed by atoms with E-state index in [1.54, 1.807) is 19.4 Å². The molecule has 128 valence electrons. The van der Waals surface area contributed by atoms with Gasteiger partial charge in [0.1, 0.15) is 17.2 Å². The van der Waals surface area contributed by atoms with E-state index in [1.807, 2.05) is 12.1 Å². The highest BCUT2D eigenvalue weighted by atomic mass is 16.5. The second-order valence-corrected chi connectivity index (χ2v) is 6.59. The maximum absolute atomic E-state index is 9.10. The second-order valence-electron chi connectivity index (χ2n) is 6.59. The van der Waals surface area contributed by atoms with Gasteiger partial charge in [0, 0.05) is 24.8 Å². The number of anilines is 1. The second kappa shape index (κ2) is 6.38. The summed E-state index contributed by atoms with van der Waals surface area (Å²) in [4.78, 5) is 6.67. The van der Waals surface area contributed by atoms with E-state index in [1.165, 1.54) is 11.1 Å². The normalized spacial score (nSPS) is 18.5. The van der Waals surface area contributed by atoms with Crippen LogP contribution in [0.4, 0.5) is 5.82 Å². The molecule has 2 aliphatic rings. The average molecular weight is 335 g/mol. The number of pyridine rings is 1. The molecule has 4 rings (SSSR count). The van der Waals surface area contributed by atoms with Gasteiger partial charge in [0.25, 0.3) is 0 Å². The number of hydrogen-bond acceptors (Lipinski definition) is 5. The minimum Gasteiger partial charge on any atom is -0.496 e. The van der Waals surface area contributed by atoms with Crippen molar-refractivity contribution in [1.29, 1.82) is 5.26 Å². The van der Waals surface area contributed by atoms with Crippen molar-refractivity contribution in [3.63, 3.8) is 0 Å². The van der Waals surface area contributed by atoms with Crippen molar-refractivity contribution in [2.75, 3.05) is 31.7 Å². The zero-order chi connectivity index (χ0) is 17.3. The van der Waals surface area contributed by atoms with Gasteiger partial charge in [-0.25, -0.2) is 4.98 Å². The van der Waals surface area contributed by atoms with Crippen LogP contribution in [-0.4, -0.2) is 31.8 Å². The number of fused-ring (bicyclic) bond motifs is 2. The minimum absolute atomic E-state index is 0.274. The zero-order valence-electron chi connectivity index (χ0n) is 14.4. The van der Waals surface area contributed by atoms with E-state index in [0.717, 1.165) is 50.5 Å². The van der Waals surface area contributed by atoms with Crippen molar-refractivity contribution < 1.29 is 9.47 Å². The zero-order valence-corrected chi connectivity index (χ0v) is 14.4. The van der Waals surface area contributed by atoms with Gasteiger partial charge < -0.3 is 14.4 Å². The number of nitrogens with zero attached hydrogens (tertiary/aromatic N) is 3. The van der Waals surface area contributed by atoms with Crippen LogP contribution in [0.3, 0.4) is 0 Å². The van der Waals surface area contributed by atoms with Gasteiger partial charge in [-0.2, -0.15) is 5.26 Å². The number of aromatic nitrogens is 1. The van der Waals surface area contributed by atoms with Crippen LogP contribution < -0.4 is 9.64 Å². The topological polar surface area (TPSA) is 58.4 Å². The Morgan fingerprint density at radius 2 is 2.12 bits per heavy atom. The third-order valence-electron chi connectivity index (χ3n) is 5.31. The van der Waals surface area contributed by atoms with E-state index in [4.69, 9.17) is 14.7 Å². The van der Waals surface area contributed by atoms with Gasteiger partial charge in [0.2, 0.25) is 0 Å². The molecule has 2 aromatic rings. The Bertz CT molecular complexity index is 806. The van der Waals surface area contributed by atoms with E-state index in [9.17, 15) is 0 Å². The van der Waals surface area contributed by atoms with Crippen LogP contribution in [0.5, 0.6) is 5.75 Å². The summed E-state index contributed by atoms with van der Waals surface area (Å²) in [6, 6.07) is 12.0. The van der Waals surface area contributed by atoms with E-state index < -0.39 is 0 Å². The minimum atomic E-state index is -0.274. The van der Waals surface area contributed by atoms with Crippen LogP contribution in [-0.2, 0) is 16.8 Å². The molecule has 1 saturated heterocycles. The quantitative estimate of drug-likeness (QED) is 0.844. The molecule has 0 radical (unpaired) electrons. The Kier molecular flexibility index (Phi) is 4.06. The molecule has 0 aliphatic carbocycles. The highest BCUT2D eigenvalue weighted by Crippen LogP contribution is 2.46. The van der Waals surface area contributed by atoms with Crippen LogP contribution in [0.1, 0.15) is 29.5 Å². The van der Waals surface area contributed by atoms with Gasteiger partial charge in [0.05, 0.1) is 25.3 Å². The molecule has 0 N–H and O–H groups in total. The molecule has 5 heteroatoms. The SMILES string of the molecule is COc1cccc2c1C1(CCN(c3cc(C#N)ccn3)CC1)OCC2. The lowest BCUT2D eigenvalue weighted by Gasteiger charge is -2.45. The fraction of sp³-hybridized carbons (Fsp3) is 0.400. The van der Waals surface area contributed by atoms with E-state index >= 15 is 0 Å². The number of hydrogen-bond donors (Lipinski definition) is 0. The maximum Gasteiger partial charge on any atom is 0.129 e. The number of piperidine rings is 1. The van der Waals surface area contributed by atoms with Crippen LogP contribution in [0, 0.1) is 11.3 Å². The van der Waals surface area contributed by atoms with E-state index in [2.05, 4.69) is 28.1 Å². The molecule has 1 fully saturated rings. The highest BCUT2D eigenvalue weighted by Gasteiger charge is 2.43. The summed E-state index contributed by atoms with van der Waals surface area (Å²) in [5.41, 5.74) is 2.93. The predicted molar refractivity (Wildman–Crippen MR) is 94.7 cm³/mol. The molecule has 0 amide bonds. The molecule has 0 atom stereocenters. The van der Waals surface area contributed by atoms with Crippen LogP contribution >= 0.6 is 0 Å². The Hall–Kier alpha value is -2.58. The van der Waals surface area contributed by atoms with Crippen molar-refractivity contribution in [1.82, 2.24) is 4.98 Å². The Morgan fingerprint density at radius 1 is 1.28 bits per heavy atom. The molecule has 1 aromatic carbocycles. The van der Waals surface area contributed by atoms with Gasteiger partial charge >= 0.3 is 0 Å². The van der Waals surface area contributed by atoms with Crippen LogP contribution in [0.25, 0.3) is 0 Å². The van der Waals surface area contributed by atoms with E-state index in [0.29, 0.717) is 5.56 Å². The summed E-state index contributed by atoms with van der Waals surface area (Å²) in [6.45, 7) is 2.45. The largest absolute Gasteiger partial charge is 0.496 e. The number of methoxy groups -OCH3 is 1. The van der Waals surface area contributed by atoms with Gasteiger partial charge in [0.15, 0.2) is 0 Å². The van der Waals surface area contributed by atoms with Crippen molar-refractivity contribution in [2.24, 2.45) is 0 Å². The average Bonchev–Trinajstić information content (AvgIpc) is 2.68. The first-order valence-corrected chi connectivity index (χ1v) is 8.67. The van der Waals surface area contributed by atoms with Crippen LogP contribution in [0.15, 0.2) is 36.5 Å². The first-order valence-electron chi connectivity index (χ1n) is 8.67. The molecule has 0 saturated carbocycles. The summed E-state index contributed by atoms with van der Waals surface area (Å²) in [5, 5.41) is 9.10. The molecular weight excluding hydrogens is 314 g/mol. The fourth-order valence-electron chi connectivity index (χ4n) is 4.05. The summed E-state index contributed by atoms with van der Waals surface area (Å²) < 4.78 is 12.0. The van der Waals surface area contributed by atoms with Gasteiger partial charge in [-0.3, -0.25) is 0 Å². The summed E-state index contributed by atoms with van der Waals surface area (Å²) in [7, 11) is 1.73. The molecule has 0 bridgehead atoms. The van der Waals surface area contributed by atoms with Crippen molar-refractivity contribution in [2.45, 2.75) is 24.9 Å². The molecular formula is C20H21N3O2. The highest BCUT2D eigenvalue weighted by molar-refractivity contribution is 5.49. The monoisotopic (exact) mass is 335 g/mol. The molecule has 1 spiro atoms. The Balaban J connectivity index is 1.61. The van der Waals surface area contributed by atoms with E-state index in [-0.39, 0.29) is 5.60 Å². The first kappa shape index (κ1) is 15.9. The summed E-state index contributed by atoms with van der Waals surface area (Å²) in [5.74, 6) is 1.79. The van der Waals surface area contributed by atoms with Crippen molar-refractivity contribution in [3.05, 3.63) is 53.2 Å². The summed E-state index contributed by atoms with van der Waals surface area (Å²) in [6.07, 6.45) is 4.41. The first-order chi connectivity index (χ1) is 12.3. The molecule has 2 aliphatic heterocycles. The number of benzene rings is 1. The summed E-state index contributed by atoms with van der Waals surface area (Å²) >= 11 is 0. The Morgan fingerprint density at radius 3 is 2.88 bits per heavy atom. The Labute approximate surface area is 147 Å².